The molecule has 4 nitrogen and oxygen atoms in total. The lowest BCUT2D eigenvalue weighted by atomic mass is 9.95. The standard InChI is InChI=1S/C25H23ClF5NO3/c26-20-6-14(25(29,30)31)7-22(23(20)28)35-17-8-15-3-4-16(9-17)32(15)11-13-5-21(27)19(24(33)34)10-18(13)12-1-2-12/h5-7,10,12,15-17H,1-4,8-9,11H2,(H,33,34)/t15-,16?,17+/m0/s1. The zero-order valence-electron chi connectivity index (χ0n) is 18.5. The van der Waals surface area contributed by atoms with Crippen molar-refractivity contribution in [2.75, 3.05) is 0 Å². The summed E-state index contributed by atoms with van der Waals surface area (Å²) in [5.74, 6) is -3.35. The molecule has 1 aliphatic carbocycles. The summed E-state index contributed by atoms with van der Waals surface area (Å²) in [6, 6.07) is 4.03. The summed E-state index contributed by atoms with van der Waals surface area (Å²) in [7, 11) is 0. The predicted octanol–water partition coefficient (Wildman–Crippen LogP) is 6.79. The molecule has 3 atom stereocenters. The van der Waals surface area contributed by atoms with Gasteiger partial charge in [-0.2, -0.15) is 13.2 Å². The van der Waals surface area contributed by atoms with Crippen LogP contribution in [0.3, 0.4) is 0 Å². The first kappa shape index (κ1) is 24.3. The van der Waals surface area contributed by atoms with Crippen molar-refractivity contribution in [3.05, 3.63) is 63.2 Å². The number of alkyl halides is 3. The summed E-state index contributed by atoms with van der Waals surface area (Å²) in [5.41, 5.74) is 0.232. The van der Waals surface area contributed by atoms with Gasteiger partial charge < -0.3 is 9.84 Å². The van der Waals surface area contributed by atoms with Crippen LogP contribution in [0.4, 0.5) is 22.0 Å². The maximum absolute atomic E-state index is 14.5. The maximum atomic E-state index is 14.5. The van der Waals surface area contributed by atoms with Gasteiger partial charge in [0.15, 0.2) is 11.6 Å². The van der Waals surface area contributed by atoms with Crippen LogP contribution in [-0.4, -0.2) is 34.2 Å². The third-order valence-corrected chi connectivity index (χ3v) is 7.56. The summed E-state index contributed by atoms with van der Waals surface area (Å²) in [6.07, 6.45) is -0.641. The maximum Gasteiger partial charge on any atom is 0.416 e. The van der Waals surface area contributed by atoms with E-state index in [0.29, 0.717) is 31.5 Å². The molecule has 0 radical (unpaired) electrons. The number of rotatable bonds is 6. The second-order valence-corrected chi connectivity index (χ2v) is 10.1. The highest BCUT2D eigenvalue weighted by molar-refractivity contribution is 6.31. The summed E-state index contributed by atoms with van der Waals surface area (Å²) in [6.45, 7) is 0.453. The molecule has 2 aromatic rings. The number of benzene rings is 2. The Balaban J connectivity index is 1.33. The highest BCUT2D eigenvalue weighted by Crippen LogP contribution is 2.45. The van der Waals surface area contributed by atoms with Gasteiger partial charge in [0.2, 0.25) is 0 Å². The Hall–Kier alpha value is -2.39. The van der Waals surface area contributed by atoms with Gasteiger partial charge in [-0.3, -0.25) is 4.90 Å². The van der Waals surface area contributed by atoms with Gasteiger partial charge in [0.1, 0.15) is 11.9 Å². The molecule has 2 aromatic carbocycles. The lowest BCUT2D eigenvalue weighted by Crippen LogP contribution is -2.46. The number of nitrogens with zero attached hydrogens (tertiary/aromatic N) is 1. The van der Waals surface area contributed by atoms with Crippen molar-refractivity contribution in [3.63, 3.8) is 0 Å². The van der Waals surface area contributed by atoms with Crippen LogP contribution in [0.15, 0.2) is 24.3 Å². The smallest absolute Gasteiger partial charge is 0.416 e. The van der Waals surface area contributed by atoms with Crippen molar-refractivity contribution in [2.24, 2.45) is 0 Å². The SMILES string of the molecule is O=C(O)c1cc(C2CC2)c(CN2C3CC[C@H]2C[C@@H](Oc2cc(C(F)(F)F)cc(Cl)c2F)C3)cc1F. The van der Waals surface area contributed by atoms with Crippen molar-refractivity contribution in [3.8, 4) is 5.75 Å². The third-order valence-electron chi connectivity index (χ3n) is 7.29. The van der Waals surface area contributed by atoms with Gasteiger partial charge in [0.05, 0.1) is 16.1 Å². The van der Waals surface area contributed by atoms with E-state index in [1.807, 2.05) is 0 Å². The molecule has 10 heteroatoms. The molecular weight excluding hydrogens is 493 g/mol. The van der Waals surface area contributed by atoms with Gasteiger partial charge in [-0.05, 0) is 79.8 Å². The molecule has 1 N–H and O–H groups in total. The fourth-order valence-corrected chi connectivity index (χ4v) is 5.69. The van der Waals surface area contributed by atoms with E-state index in [9.17, 15) is 31.9 Å². The highest BCUT2D eigenvalue weighted by atomic mass is 35.5. The van der Waals surface area contributed by atoms with E-state index in [1.54, 1.807) is 0 Å². The first-order chi connectivity index (χ1) is 16.5. The summed E-state index contributed by atoms with van der Waals surface area (Å²) in [5, 5.41) is 8.64. The van der Waals surface area contributed by atoms with E-state index in [1.165, 1.54) is 12.1 Å². The molecule has 2 saturated heterocycles. The second kappa shape index (κ2) is 8.92. The lowest BCUT2D eigenvalue weighted by molar-refractivity contribution is -0.137. The van der Waals surface area contributed by atoms with Crippen LogP contribution in [0, 0.1) is 11.6 Å². The Morgan fingerprint density at radius 2 is 1.71 bits per heavy atom. The first-order valence-electron chi connectivity index (χ1n) is 11.6. The predicted molar refractivity (Wildman–Crippen MR) is 118 cm³/mol. The molecule has 0 aromatic heterocycles. The Kier molecular flexibility index (Phi) is 6.20. The number of ether oxygens (including phenoxy) is 1. The topological polar surface area (TPSA) is 49.8 Å². The monoisotopic (exact) mass is 515 g/mol. The van der Waals surface area contributed by atoms with Crippen molar-refractivity contribution < 1.29 is 36.6 Å². The van der Waals surface area contributed by atoms with Gasteiger partial charge in [0, 0.05) is 18.6 Å². The fraction of sp³-hybridized carbons (Fsp3) is 0.480. The molecule has 0 spiro atoms. The zero-order chi connectivity index (χ0) is 25.1. The number of carboxylic acids is 1. The molecular formula is C25H23ClF5NO3. The number of hydrogen-bond donors (Lipinski definition) is 1. The molecule has 2 bridgehead atoms. The van der Waals surface area contributed by atoms with Crippen molar-refractivity contribution in [1.29, 1.82) is 0 Å². The summed E-state index contributed by atoms with van der Waals surface area (Å²) in [4.78, 5) is 13.6. The van der Waals surface area contributed by atoms with Crippen LogP contribution in [-0.2, 0) is 12.7 Å². The van der Waals surface area contributed by atoms with E-state index in [-0.39, 0.29) is 23.6 Å². The Morgan fingerprint density at radius 3 is 2.29 bits per heavy atom. The quantitative estimate of drug-likeness (QED) is 0.430. The van der Waals surface area contributed by atoms with Crippen LogP contribution in [0.5, 0.6) is 5.75 Å². The molecule has 5 rings (SSSR count). The number of carbonyl (C=O) groups is 1. The Labute approximate surface area is 203 Å². The minimum absolute atomic E-state index is 0.0392. The molecule has 3 aliphatic rings. The third kappa shape index (κ3) is 4.85. The largest absolute Gasteiger partial charge is 0.487 e. The Morgan fingerprint density at radius 1 is 1.06 bits per heavy atom. The average molecular weight is 516 g/mol. The van der Waals surface area contributed by atoms with E-state index in [0.717, 1.165) is 36.8 Å². The van der Waals surface area contributed by atoms with Gasteiger partial charge in [0.25, 0.3) is 0 Å². The van der Waals surface area contributed by atoms with Crippen molar-refractivity contribution in [2.45, 2.75) is 75.4 Å². The highest BCUT2D eigenvalue weighted by Gasteiger charge is 2.43. The second-order valence-electron chi connectivity index (χ2n) is 9.65. The van der Waals surface area contributed by atoms with Crippen LogP contribution in [0.25, 0.3) is 0 Å². The number of carboxylic acid groups (broad SMARTS) is 1. The number of halogens is 6. The normalized spacial score (nSPS) is 24.6. The molecule has 1 unspecified atom stereocenters. The van der Waals surface area contributed by atoms with Crippen molar-refractivity contribution >= 4 is 17.6 Å². The summed E-state index contributed by atoms with van der Waals surface area (Å²) < 4.78 is 74.0. The van der Waals surface area contributed by atoms with Crippen LogP contribution < -0.4 is 4.74 Å². The van der Waals surface area contributed by atoms with Crippen LogP contribution in [0.1, 0.15) is 71.5 Å². The Bertz CT molecular complexity index is 1150. The van der Waals surface area contributed by atoms with E-state index < -0.39 is 46.2 Å². The van der Waals surface area contributed by atoms with Crippen molar-refractivity contribution in [1.82, 2.24) is 4.90 Å². The van der Waals surface area contributed by atoms with Gasteiger partial charge in [-0.25, -0.2) is 13.6 Å². The van der Waals surface area contributed by atoms with Gasteiger partial charge in [-0.1, -0.05) is 11.6 Å². The lowest BCUT2D eigenvalue weighted by Gasteiger charge is -2.39. The fourth-order valence-electron chi connectivity index (χ4n) is 5.47. The number of aromatic carboxylic acids is 1. The van der Waals surface area contributed by atoms with E-state index >= 15 is 0 Å². The first-order valence-corrected chi connectivity index (χ1v) is 11.9. The van der Waals surface area contributed by atoms with E-state index in [2.05, 4.69) is 4.90 Å². The molecule has 2 heterocycles. The zero-order valence-corrected chi connectivity index (χ0v) is 19.3. The minimum Gasteiger partial charge on any atom is -0.487 e. The van der Waals surface area contributed by atoms with Crippen LogP contribution >= 0.6 is 11.6 Å². The van der Waals surface area contributed by atoms with Gasteiger partial charge in [-0.15, -0.1) is 0 Å². The summed E-state index contributed by atoms with van der Waals surface area (Å²) >= 11 is 5.68. The number of fused-ring (bicyclic) bond motifs is 2. The minimum atomic E-state index is -4.68. The molecule has 1 saturated carbocycles. The molecule has 0 amide bonds. The molecule has 3 fully saturated rings. The average Bonchev–Trinajstić information content (AvgIpc) is 3.57. The number of hydrogen-bond acceptors (Lipinski definition) is 3. The molecule has 2 aliphatic heterocycles. The number of piperidine rings is 1. The molecule has 188 valence electrons. The van der Waals surface area contributed by atoms with E-state index in [4.69, 9.17) is 16.3 Å². The van der Waals surface area contributed by atoms with Gasteiger partial charge >= 0.3 is 12.1 Å². The van der Waals surface area contributed by atoms with Crippen LogP contribution in [0.2, 0.25) is 5.02 Å². The molecule has 35 heavy (non-hydrogen) atoms.